The molecule has 0 amide bonds. The van der Waals surface area contributed by atoms with Crippen molar-refractivity contribution in [3.8, 4) is 11.1 Å². The van der Waals surface area contributed by atoms with Crippen LogP contribution in [0.3, 0.4) is 0 Å². The molecule has 6 rings (SSSR count). The summed E-state index contributed by atoms with van der Waals surface area (Å²) >= 11 is 5.80. The van der Waals surface area contributed by atoms with Crippen LogP contribution in [0.15, 0.2) is 48.8 Å². The smallest absolute Gasteiger partial charge is 0.132 e. The van der Waals surface area contributed by atoms with E-state index in [-0.39, 0.29) is 5.82 Å². The van der Waals surface area contributed by atoms with Crippen LogP contribution in [0.2, 0.25) is 5.02 Å². The number of aryl methyl sites for hydroxylation is 2. The molecular formula is C27H28ClFN4O. The molecule has 0 bridgehead atoms. The van der Waals surface area contributed by atoms with Gasteiger partial charge in [-0.15, -0.1) is 0 Å². The Balaban J connectivity index is 0.000000150. The number of ether oxygens (including phenoxy) is 1. The molecule has 1 saturated heterocycles. The quantitative estimate of drug-likeness (QED) is 0.313. The Kier molecular flexibility index (Phi) is 6.61. The van der Waals surface area contributed by atoms with Crippen molar-refractivity contribution in [2.75, 3.05) is 6.61 Å². The molecule has 1 aliphatic heterocycles. The number of nitrogens with zero attached hydrogens (tertiary/aromatic N) is 4. The summed E-state index contributed by atoms with van der Waals surface area (Å²) in [5.41, 5.74) is 5.68. The molecular weight excluding hydrogens is 451 g/mol. The largest absolute Gasteiger partial charge is 0.373 e. The Morgan fingerprint density at radius 2 is 1.82 bits per heavy atom. The van der Waals surface area contributed by atoms with E-state index in [1.54, 1.807) is 12.1 Å². The van der Waals surface area contributed by atoms with Crippen molar-refractivity contribution in [3.05, 3.63) is 76.6 Å². The van der Waals surface area contributed by atoms with E-state index >= 15 is 0 Å². The maximum Gasteiger partial charge on any atom is 0.132 e. The fourth-order valence-electron chi connectivity index (χ4n) is 4.24. The summed E-state index contributed by atoms with van der Waals surface area (Å²) in [7, 11) is 0. The van der Waals surface area contributed by atoms with Crippen molar-refractivity contribution >= 4 is 22.6 Å². The monoisotopic (exact) mass is 478 g/mol. The number of para-hydroxylation sites is 1. The molecule has 1 unspecified atom stereocenters. The van der Waals surface area contributed by atoms with Crippen LogP contribution >= 0.6 is 11.6 Å². The van der Waals surface area contributed by atoms with E-state index in [1.807, 2.05) is 38.2 Å². The van der Waals surface area contributed by atoms with Crippen LogP contribution in [0.1, 0.15) is 61.2 Å². The van der Waals surface area contributed by atoms with Gasteiger partial charge in [0.2, 0.25) is 0 Å². The summed E-state index contributed by atoms with van der Waals surface area (Å²) in [5.74, 6) is -0.356. The van der Waals surface area contributed by atoms with Crippen LogP contribution in [0.25, 0.3) is 22.2 Å². The molecule has 0 spiro atoms. The molecule has 176 valence electrons. The van der Waals surface area contributed by atoms with Gasteiger partial charge in [0, 0.05) is 34.5 Å². The lowest BCUT2D eigenvalue weighted by molar-refractivity contribution is 0.0149. The molecule has 2 aromatic carbocycles. The van der Waals surface area contributed by atoms with Gasteiger partial charge in [0.1, 0.15) is 5.82 Å². The SMILES string of the molecule is Cc1nc2cccc(-c3ccc(Cl)cc3F)c2nc1C.c1nn(C2CC2)cc1C1CCCCO1. The summed E-state index contributed by atoms with van der Waals surface area (Å²) in [4.78, 5) is 9.05. The highest BCUT2D eigenvalue weighted by atomic mass is 35.5. The Morgan fingerprint density at radius 1 is 1.00 bits per heavy atom. The topological polar surface area (TPSA) is 52.8 Å². The minimum Gasteiger partial charge on any atom is -0.373 e. The van der Waals surface area contributed by atoms with Crippen molar-refractivity contribution in [2.45, 2.75) is 58.1 Å². The number of hydrogen-bond donors (Lipinski definition) is 0. The zero-order valence-corrected chi connectivity index (χ0v) is 20.2. The van der Waals surface area contributed by atoms with E-state index in [0.717, 1.165) is 35.5 Å². The van der Waals surface area contributed by atoms with Crippen LogP contribution in [0.5, 0.6) is 0 Å². The normalized spacial score (nSPS) is 17.9. The highest BCUT2D eigenvalue weighted by molar-refractivity contribution is 6.30. The van der Waals surface area contributed by atoms with Crippen LogP contribution in [0.4, 0.5) is 4.39 Å². The van der Waals surface area contributed by atoms with Crippen LogP contribution in [-0.2, 0) is 4.74 Å². The summed E-state index contributed by atoms with van der Waals surface area (Å²) < 4.78 is 21.9. The lowest BCUT2D eigenvalue weighted by atomic mass is 10.0. The fraction of sp³-hybridized carbons (Fsp3) is 0.370. The zero-order chi connectivity index (χ0) is 23.7. The molecule has 2 fully saturated rings. The second kappa shape index (κ2) is 9.80. The van der Waals surface area contributed by atoms with Gasteiger partial charge in [-0.1, -0.05) is 23.7 Å². The molecule has 3 heterocycles. The predicted molar refractivity (Wildman–Crippen MR) is 132 cm³/mol. The van der Waals surface area contributed by atoms with Crippen molar-refractivity contribution in [1.29, 1.82) is 0 Å². The molecule has 1 atom stereocenters. The first-order chi connectivity index (χ1) is 16.5. The van der Waals surface area contributed by atoms with Crippen molar-refractivity contribution in [1.82, 2.24) is 19.7 Å². The Hall–Kier alpha value is -2.83. The van der Waals surface area contributed by atoms with Gasteiger partial charge >= 0.3 is 0 Å². The van der Waals surface area contributed by atoms with Crippen LogP contribution < -0.4 is 0 Å². The fourth-order valence-corrected chi connectivity index (χ4v) is 4.39. The lowest BCUT2D eigenvalue weighted by Crippen LogP contribution is -2.10. The zero-order valence-electron chi connectivity index (χ0n) is 19.5. The number of benzene rings is 2. The average Bonchev–Trinajstić information content (AvgIpc) is 3.57. The summed E-state index contributed by atoms with van der Waals surface area (Å²) in [6, 6.07) is 10.9. The molecule has 2 aliphatic rings. The van der Waals surface area contributed by atoms with Crippen molar-refractivity contribution in [3.63, 3.8) is 0 Å². The molecule has 34 heavy (non-hydrogen) atoms. The van der Waals surface area contributed by atoms with Crippen LogP contribution in [-0.4, -0.2) is 26.4 Å². The highest BCUT2D eigenvalue weighted by Gasteiger charge is 2.26. The number of halogens is 2. The molecule has 2 aromatic heterocycles. The molecule has 7 heteroatoms. The third kappa shape index (κ3) is 4.98. The number of fused-ring (bicyclic) bond motifs is 1. The van der Waals surface area contributed by atoms with Crippen LogP contribution in [0, 0.1) is 19.7 Å². The van der Waals surface area contributed by atoms with Gasteiger partial charge in [-0.25, -0.2) is 14.4 Å². The third-order valence-corrected chi connectivity index (χ3v) is 6.66. The number of aromatic nitrogens is 4. The molecule has 0 radical (unpaired) electrons. The third-order valence-electron chi connectivity index (χ3n) is 6.42. The maximum absolute atomic E-state index is 14.1. The predicted octanol–water partition coefficient (Wildman–Crippen LogP) is 7.17. The summed E-state index contributed by atoms with van der Waals surface area (Å²) in [6.45, 7) is 4.73. The van der Waals surface area contributed by atoms with E-state index in [2.05, 4.69) is 25.9 Å². The van der Waals surface area contributed by atoms with Gasteiger partial charge in [0.05, 0.1) is 40.8 Å². The Morgan fingerprint density at radius 3 is 2.56 bits per heavy atom. The minimum absolute atomic E-state index is 0.316. The highest BCUT2D eigenvalue weighted by Crippen LogP contribution is 2.36. The molecule has 5 nitrogen and oxygen atoms in total. The second-order valence-electron chi connectivity index (χ2n) is 9.03. The molecule has 0 N–H and O–H groups in total. The van der Waals surface area contributed by atoms with Gasteiger partial charge in [-0.2, -0.15) is 5.10 Å². The molecule has 1 saturated carbocycles. The maximum atomic E-state index is 14.1. The lowest BCUT2D eigenvalue weighted by Gasteiger charge is -2.21. The molecule has 1 aliphatic carbocycles. The second-order valence-corrected chi connectivity index (χ2v) is 9.47. The van der Waals surface area contributed by atoms with Crippen molar-refractivity contribution < 1.29 is 9.13 Å². The van der Waals surface area contributed by atoms with E-state index in [0.29, 0.717) is 28.2 Å². The first kappa shape index (κ1) is 22.9. The average molecular weight is 479 g/mol. The number of hydrogen-bond acceptors (Lipinski definition) is 4. The van der Waals surface area contributed by atoms with Gasteiger partial charge in [0.25, 0.3) is 0 Å². The summed E-state index contributed by atoms with van der Waals surface area (Å²) in [5, 5.41) is 4.77. The molecule has 4 aromatic rings. The van der Waals surface area contributed by atoms with Gasteiger partial charge in [0.15, 0.2) is 0 Å². The Labute approximate surface area is 203 Å². The minimum atomic E-state index is -0.356. The first-order valence-electron chi connectivity index (χ1n) is 11.8. The standard InChI is InChI=1S/C16H12ClFN2.C11H16N2O/c1-9-10(2)20-16-13(4-3-5-15(16)19-9)12-7-6-11(17)8-14(12)18;1-2-6-14-11(3-1)9-7-12-13(8-9)10-4-5-10/h3-8H,1-2H3;7-8,10-11H,1-6H2. The van der Waals surface area contributed by atoms with Gasteiger partial charge in [-0.3, -0.25) is 4.68 Å². The first-order valence-corrected chi connectivity index (χ1v) is 12.2. The summed E-state index contributed by atoms with van der Waals surface area (Å²) in [6.07, 6.45) is 10.7. The van der Waals surface area contributed by atoms with Gasteiger partial charge in [-0.05, 0) is 70.2 Å². The van der Waals surface area contributed by atoms with E-state index in [1.165, 1.54) is 37.3 Å². The van der Waals surface area contributed by atoms with E-state index in [4.69, 9.17) is 16.3 Å². The Bertz CT molecular complexity index is 1310. The van der Waals surface area contributed by atoms with Gasteiger partial charge < -0.3 is 4.74 Å². The van der Waals surface area contributed by atoms with E-state index < -0.39 is 0 Å². The number of rotatable bonds is 3. The van der Waals surface area contributed by atoms with Crippen molar-refractivity contribution in [2.24, 2.45) is 0 Å². The van der Waals surface area contributed by atoms with E-state index in [9.17, 15) is 4.39 Å².